The molecule has 0 fully saturated rings. The molecule has 0 bridgehead atoms. The Labute approximate surface area is 182 Å². The van der Waals surface area contributed by atoms with Gasteiger partial charge < -0.3 is 23.5 Å². The number of ether oxygens (including phenoxy) is 4. The van der Waals surface area contributed by atoms with Gasteiger partial charge in [-0.1, -0.05) is 11.2 Å². The number of nitro benzene ring substituents is 1. The van der Waals surface area contributed by atoms with Gasteiger partial charge in [-0.2, -0.15) is 0 Å². The molecule has 32 heavy (non-hydrogen) atoms. The minimum atomic E-state index is -0.597. The number of esters is 1. The lowest BCUT2D eigenvalue weighted by atomic mass is 10.1. The average Bonchev–Trinajstić information content (AvgIpc) is 3.12. The Hall–Kier alpha value is -3.92. The second-order valence-corrected chi connectivity index (χ2v) is 7.16. The van der Waals surface area contributed by atoms with Crippen LogP contribution in [0.25, 0.3) is 0 Å². The zero-order valence-electron chi connectivity index (χ0n) is 17.5. The number of non-ortho nitro benzene ring substituents is 1. The van der Waals surface area contributed by atoms with E-state index >= 15 is 0 Å². The van der Waals surface area contributed by atoms with E-state index in [2.05, 4.69) is 5.16 Å². The predicted octanol–water partition coefficient (Wildman–Crippen LogP) is 4.00. The quantitative estimate of drug-likeness (QED) is 0.305. The van der Waals surface area contributed by atoms with E-state index in [0.29, 0.717) is 28.4 Å². The second-order valence-electron chi connectivity index (χ2n) is 7.16. The highest BCUT2D eigenvalue weighted by Crippen LogP contribution is 2.33. The molecule has 166 valence electrons. The summed E-state index contributed by atoms with van der Waals surface area (Å²) < 4.78 is 26.9. The van der Waals surface area contributed by atoms with Gasteiger partial charge in [0.1, 0.15) is 30.5 Å². The van der Waals surface area contributed by atoms with Crippen LogP contribution < -0.4 is 9.47 Å². The molecule has 2 aromatic carbocycles. The van der Waals surface area contributed by atoms with Crippen molar-refractivity contribution in [2.45, 2.75) is 33.7 Å². The van der Waals surface area contributed by atoms with E-state index in [-0.39, 0.29) is 37.9 Å². The van der Waals surface area contributed by atoms with Gasteiger partial charge in [0.2, 0.25) is 0 Å². The summed E-state index contributed by atoms with van der Waals surface area (Å²) in [7, 11) is 0. The molecule has 0 saturated carbocycles. The van der Waals surface area contributed by atoms with Crippen molar-refractivity contribution in [1.29, 1.82) is 0 Å². The van der Waals surface area contributed by atoms with Crippen LogP contribution in [0, 0.1) is 24.0 Å². The molecule has 0 atom stereocenters. The number of aryl methyl sites for hydroxylation is 2. The fourth-order valence-electron chi connectivity index (χ4n) is 3.30. The zero-order valence-corrected chi connectivity index (χ0v) is 17.5. The van der Waals surface area contributed by atoms with Gasteiger partial charge >= 0.3 is 5.97 Å². The number of nitrogens with zero attached hydrogens (tertiary/aromatic N) is 2. The fraction of sp³-hybridized carbons (Fsp3) is 0.273. The SMILES string of the molecule is Cc1noc(C)c1COc1cccc(C(=O)OCc2cc([N+](=O)[O-])cc3c2OCOC3)c1. The van der Waals surface area contributed by atoms with Crippen molar-refractivity contribution in [3.63, 3.8) is 0 Å². The van der Waals surface area contributed by atoms with E-state index in [4.69, 9.17) is 23.5 Å². The first-order valence-corrected chi connectivity index (χ1v) is 9.75. The summed E-state index contributed by atoms with van der Waals surface area (Å²) in [5, 5.41) is 15.1. The van der Waals surface area contributed by atoms with Crippen LogP contribution >= 0.6 is 0 Å². The number of benzene rings is 2. The highest BCUT2D eigenvalue weighted by molar-refractivity contribution is 5.89. The molecule has 1 aliphatic heterocycles. The maximum atomic E-state index is 12.6. The summed E-state index contributed by atoms with van der Waals surface area (Å²) in [5.74, 6) is 0.991. The molecule has 0 unspecified atom stereocenters. The van der Waals surface area contributed by atoms with Crippen LogP contribution in [0.4, 0.5) is 5.69 Å². The Balaban J connectivity index is 1.45. The van der Waals surface area contributed by atoms with Crippen molar-refractivity contribution < 1.29 is 33.2 Å². The molecule has 0 saturated heterocycles. The fourth-order valence-corrected chi connectivity index (χ4v) is 3.30. The van der Waals surface area contributed by atoms with E-state index in [0.717, 1.165) is 11.3 Å². The number of hydrogen-bond donors (Lipinski definition) is 0. The van der Waals surface area contributed by atoms with Crippen molar-refractivity contribution in [3.8, 4) is 11.5 Å². The number of carbonyl (C=O) groups excluding carboxylic acids is 1. The minimum Gasteiger partial charge on any atom is -0.489 e. The lowest BCUT2D eigenvalue weighted by molar-refractivity contribution is -0.385. The lowest BCUT2D eigenvalue weighted by Gasteiger charge is -2.20. The van der Waals surface area contributed by atoms with Crippen molar-refractivity contribution in [3.05, 3.63) is 80.2 Å². The first-order chi connectivity index (χ1) is 15.4. The van der Waals surface area contributed by atoms with Gasteiger partial charge in [-0.25, -0.2) is 4.79 Å². The number of carbonyl (C=O) groups is 1. The summed E-state index contributed by atoms with van der Waals surface area (Å²) in [4.78, 5) is 23.3. The van der Waals surface area contributed by atoms with Gasteiger partial charge in [-0.05, 0) is 32.0 Å². The highest BCUT2D eigenvalue weighted by Gasteiger charge is 2.22. The molecule has 0 N–H and O–H groups in total. The van der Waals surface area contributed by atoms with Crippen molar-refractivity contribution in [2.75, 3.05) is 6.79 Å². The summed E-state index contributed by atoms with van der Waals surface area (Å²) >= 11 is 0. The van der Waals surface area contributed by atoms with Crippen LogP contribution in [0.15, 0.2) is 40.9 Å². The van der Waals surface area contributed by atoms with Gasteiger partial charge in [0, 0.05) is 23.3 Å². The van der Waals surface area contributed by atoms with Crippen molar-refractivity contribution >= 4 is 11.7 Å². The van der Waals surface area contributed by atoms with E-state index < -0.39 is 10.9 Å². The molecule has 0 amide bonds. The molecule has 0 aliphatic carbocycles. The van der Waals surface area contributed by atoms with E-state index in [1.165, 1.54) is 12.1 Å². The normalized spacial score (nSPS) is 12.6. The standard InChI is InChI=1S/C22H20N2O8/c1-13-20(14(2)32-23-13)11-29-19-5-3-4-15(8-19)22(25)30-10-17-7-18(24(26)27)6-16-9-28-12-31-21(16)17/h3-8H,9-12H2,1-2H3. The Kier molecular flexibility index (Phi) is 6.04. The Morgan fingerprint density at radius 2 is 2.06 bits per heavy atom. The average molecular weight is 440 g/mol. The molecule has 2 heterocycles. The van der Waals surface area contributed by atoms with Crippen LogP contribution in [0.3, 0.4) is 0 Å². The molecule has 1 aromatic heterocycles. The van der Waals surface area contributed by atoms with E-state index in [1.807, 2.05) is 6.92 Å². The number of rotatable bonds is 7. The number of nitro groups is 1. The van der Waals surface area contributed by atoms with Crippen LogP contribution in [0.1, 0.15) is 38.5 Å². The van der Waals surface area contributed by atoms with Crippen LogP contribution in [0.5, 0.6) is 11.5 Å². The first-order valence-electron chi connectivity index (χ1n) is 9.75. The first kappa shape index (κ1) is 21.3. The van der Waals surface area contributed by atoms with Gasteiger partial charge in [0.25, 0.3) is 5.69 Å². The van der Waals surface area contributed by atoms with E-state index in [9.17, 15) is 14.9 Å². The summed E-state index contributed by atoms with van der Waals surface area (Å²) in [6.07, 6.45) is 0. The Morgan fingerprint density at radius 1 is 1.22 bits per heavy atom. The maximum Gasteiger partial charge on any atom is 0.338 e. The Morgan fingerprint density at radius 3 is 2.81 bits per heavy atom. The van der Waals surface area contributed by atoms with Crippen LogP contribution in [-0.2, 0) is 29.3 Å². The lowest BCUT2D eigenvalue weighted by Crippen LogP contribution is -2.15. The van der Waals surface area contributed by atoms with Gasteiger partial charge in [-0.15, -0.1) is 0 Å². The van der Waals surface area contributed by atoms with Gasteiger partial charge in [-0.3, -0.25) is 10.1 Å². The smallest absolute Gasteiger partial charge is 0.338 e. The third-order valence-corrected chi connectivity index (χ3v) is 4.98. The molecule has 4 rings (SSSR count). The molecule has 3 aromatic rings. The van der Waals surface area contributed by atoms with Crippen LogP contribution in [-0.4, -0.2) is 22.8 Å². The van der Waals surface area contributed by atoms with Crippen molar-refractivity contribution in [1.82, 2.24) is 5.16 Å². The molecule has 0 spiro atoms. The molecule has 1 aliphatic rings. The maximum absolute atomic E-state index is 12.6. The summed E-state index contributed by atoms with van der Waals surface area (Å²) in [6, 6.07) is 9.28. The predicted molar refractivity (Wildman–Crippen MR) is 109 cm³/mol. The highest BCUT2D eigenvalue weighted by atomic mass is 16.7. The molecular formula is C22H20N2O8. The number of fused-ring (bicyclic) bond motifs is 1. The minimum absolute atomic E-state index is 0.0241. The third kappa shape index (κ3) is 4.54. The van der Waals surface area contributed by atoms with Gasteiger partial charge in [0.05, 0.1) is 28.4 Å². The largest absolute Gasteiger partial charge is 0.489 e. The third-order valence-electron chi connectivity index (χ3n) is 4.98. The summed E-state index contributed by atoms with van der Waals surface area (Å²) in [5.41, 5.74) is 2.68. The molecule has 10 heteroatoms. The molecular weight excluding hydrogens is 420 g/mol. The number of aromatic nitrogens is 1. The second kappa shape index (κ2) is 9.06. The van der Waals surface area contributed by atoms with E-state index in [1.54, 1.807) is 31.2 Å². The Bertz CT molecular complexity index is 1150. The zero-order chi connectivity index (χ0) is 22.7. The number of hydrogen-bond acceptors (Lipinski definition) is 9. The monoisotopic (exact) mass is 440 g/mol. The van der Waals surface area contributed by atoms with Gasteiger partial charge in [0.15, 0.2) is 6.79 Å². The summed E-state index contributed by atoms with van der Waals surface area (Å²) in [6.45, 7) is 3.89. The molecule has 10 nitrogen and oxygen atoms in total. The molecule has 0 radical (unpaired) electrons. The van der Waals surface area contributed by atoms with Crippen molar-refractivity contribution in [2.24, 2.45) is 0 Å². The topological polar surface area (TPSA) is 123 Å². The van der Waals surface area contributed by atoms with Crippen LogP contribution in [0.2, 0.25) is 0 Å².